The van der Waals surface area contributed by atoms with Gasteiger partial charge in [0.25, 0.3) is 0 Å². The minimum Gasteiger partial charge on any atom is -0.478 e. The van der Waals surface area contributed by atoms with Crippen LogP contribution in [0.15, 0.2) is 42.5 Å². The third-order valence-electron chi connectivity index (χ3n) is 3.55. The Hall–Kier alpha value is -3.24. The van der Waals surface area contributed by atoms with E-state index in [1.807, 2.05) is 0 Å². The van der Waals surface area contributed by atoms with Crippen LogP contribution >= 0.6 is 0 Å². The number of halogens is 6. The predicted molar refractivity (Wildman–Crippen MR) is 82.3 cm³/mol. The zero-order chi connectivity index (χ0) is 21.3. The van der Waals surface area contributed by atoms with Crippen molar-refractivity contribution in [2.75, 3.05) is 0 Å². The molecule has 0 aliphatic carbocycles. The van der Waals surface area contributed by atoms with Crippen molar-refractivity contribution in [2.45, 2.75) is 18.5 Å². The molecular formula is C17H10F6O5. The van der Waals surface area contributed by atoms with Crippen LogP contribution in [0.3, 0.4) is 0 Å². The number of carboxylic acids is 2. The first-order chi connectivity index (χ1) is 12.8. The highest BCUT2D eigenvalue weighted by Crippen LogP contribution is 2.40. The Labute approximate surface area is 152 Å². The molecule has 0 bridgehead atoms. The fourth-order valence-electron chi connectivity index (χ4n) is 2.16. The second-order valence-electron chi connectivity index (χ2n) is 5.45. The number of aromatic carboxylic acids is 2. The molecule has 28 heavy (non-hydrogen) atoms. The summed E-state index contributed by atoms with van der Waals surface area (Å²) in [5, 5.41) is 18.1. The topological polar surface area (TPSA) is 83.8 Å². The molecule has 1 atom stereocenters. The Bertz CT molecular complexity index is 909. The first-order valence-electron chi connectivity index (χ1n) is 7.31. The van der Waals surface area contributed by atoms with E-state index < -0.39 is 47.3 Å². The number of benzene rings is 2. The molecule has 0 heterocycles. The Kier molecular flexibility index (Phi) is 5.57. The summed E-state index contributed by atoms with van der Waals surface area (Å²) >= 11 is 0. The van der Waals surface area contributed by atoms with Crippen LogP contribution in [-0.2, 0) is 0 Å². The minimum absolute atomic E-state index is 0.0689. The fraction of sp³-hybridized carbons (Fsp3) is 0.176. The molecule has 2 aromatic rings. The van der Waals surface area contributed by atoms with Crippen molar-refractivity contribution >= 4 is 11.9 Å². The van der Waals surface area contributed by atoms with E-state index in [0.717, 1.165) is 30.3 Å². The van der Waals surface area contributed by atoms with Gasteiger partial charge >= 0.3 is 30.4 Å². The first kappa shape index (κ1) is 21.1. The molecule has 0 saturated heterocycles. The fourth-order valence-corrected chi connectivity index (χ4v) is 2.16. The normalized spacial score (nSPS) is 13.1. The summed E-state index contributed by atoms with van der Waals surface area (Å²) < 4.78 is 79.9. The Morgan fingerprint density at radius 1 is 0.857 bits per heavy atom. The lowest BCUT2D eigenvalue weighted by atomic mass is 9.99. The lowest BCUT2D eigenvalue weighted by molar-refractivity contribution is -0.328. The van der Waals surface area contributed by atoms with Crippen LogP contribution in [0.25, 0.3) is 11.1 Å². The zero-order valence-electron chi connectivity index (χ0n) is 13.5. The molecule has 2 rings (SSSR count). The van der Waals surface area contributed by atoms with Crippen LogP contribution in [0.5, 0.6) is 5.75 Å². The number of carboxylic acid groups (broad SMARTS) is 2. The standard InChI is InChI=1S/C17H10F6O5/c18-15(16(19,20)17(21,22)23)28-10-3-1-2-8(6-10)9-4-5-11(13(24)25)12(7-9)14(26)27/h1-7,15H,(H,24,25)(H,26,27). The van der Waals surface area contributed by atoms with Gasteiger partial charge in [-0.2, -0.15) is 26.3 Å². The summed E-state index contributed by atoms with van der Waals surface area (Å²) in [5.74, 6) is -9.48. The smallest absolute Gasteiger partial charge is 0.460 e. The van der Waals surface area contributed by atoms with Gasteiger partial charge < -0.3 is 14.9 Å². The van der Waals surface area contributed by atoms with Crippen molar-refractivity contribution in [1.82, 2.24) is 0 Å². The summed E-state index contributed by atoms with van der Waals surface area (Å²) in [6.45, 7) is 0. The molecule has 0 aromatic heterocycles. The molecule has 0 spiro atoms. The number of rotatable bonds is 6. The van der Waals surface area contributed by atoms with Gasteiger partial charge in [-0.05, 0) is 35.4 Å². The van der Waals surface area contributed by atoms with Gasteiger partial charge in [0.05, 0.1) is 11.1 Å². The molecular weight excluding hydrogens is 398 g/mol. The molecule has 0 amide bonds. The highest BCUT2D eigenvalue weighted by Gasteiger charge is 2.65. The van der Waals surface area contributed by atoms with E-state index in [4.69, 9.17) is 10.2 Å². The minimum atomic E-state index is -6.16. The average molecular weight is 408 g/mol. The van der Waals surface area contributed by atoms with Crippen molar-refractivity contribution in [1.29, 1.82) is 0 Å². The number of carbonyl (C=O) groups is 2. The summed E-state index contributed by atoms with van der Waals surface area (Å²) in [6.07, 6.45) is -10.2. The molecule has 0 aliphatic rings. The SMILES string of the molecule is O=C(O)c1ccc(-c2cccc(OC(F)C(F)(F)C(F)(F)F)c2)cc1C(=O)O. The molecule has 0 aliphatic heterocycles. The van der Waals surface area contributed by atoms with E-state index in [9.17, 15) is 35.9 Å². The van der Waals surface area contributed by atoms with Crippen LogP contribution < -0.4 is 4.74 Å². The third kappa shape index (κ3) is 4.18. The second kappa shape index (κ2) is 7.41. The van der Waals surface area contributed by atoms with Gasteiger partial charge in [0.2, 0.25) is 0 Å². The van der Waals surface area contributed by atoms with Crippen molar-refractivity contribution in [3.63, 3.8) is 0 Å². The van der Waals surface area contributed by atoms with Crippen LogP contribution in [0.4, 0.5) is 26.3 Å². The first-order valence-corrected chi connectivity index (χ1v) is 7.31. The van der Waals surface area contributed by atoms with E-state index in [1.54, 1.807) is 0 Å². The number of hydrogen-bond donors (Lipinski definition) is 2. The highest BCUT2D eigenvalue weighted by molar-refractivity contribution is 6.02. The molecule has 2 aromatic carbocycles. The molecule has 150 valence electrons. The highest BCUT2D eigenvalue weighted by atomic mass is 19.4. The second-order valence-corrected chi connectivity index (χ2v) is 5.45. The van der Waals surface area contributed by atoms with Crippen LogP contribution in [-0.4, -0.2) is 40.6 Å². The molecule has 0 fully saturated rings. The van der Waals surface area contributed by atoms with E-state index in [0.29, 0.717) is 0 Å². The average Bonchev–Trinajstić information content (AvgIpc) is 2.60. The molecule has 11 heteroatoms. The third-order valence-corrected chi connectivity index (χ3v) is 3.55. The van der Waals surface area contributed by atoms with E-state index in [-0.39, 0.29) is 11.1 Å². The van der Waals surface area contributed by atoms with Crippen LogP contribution in [0, 0.1) is 0 Å². The maximum atomic E-state index is 13.4. The van der Waals surface area contributed by atoms with Gasteiger partial charge in [-0.1, -0.05) is 18.2 Å². The maximum absolute atomic E-state index is 13.4. The van der Waals surface area contributed by atoms with Gasteiger partial charge in [-0.25, -0.2) is 9.59 Å². The molecule has 5 nitrogen and oxygen atoms in total. The van der Waals surface area contributed by atoms with E-state index in [2.05, 4.69) is 4.74 Å². The summed E-state index contributed by atoms with van der Waals surface area (Å²) in [4.78, 5) is 22.2. The number of hydrogen-bond acceptors (Lipinski definition) is 3. The predicted octanol–water partition coefficient (Wildman–Crippen LogP) is 4.62. The number of alkyl halides is 6. The quantitative estimate of drug-likeness (QED) is 0.682. The maximum Gasteiger partial charge on any atom is 0.460 e. The van der Waals surface area contributed by atoms with Crippen LogP contribution in [0.1, 0.15) is 20.7 Å². The van der Waals surface area contributed by atoms with Gasteiger partial charge in [0.15, 0.2) is 0 Å². The summed E-state index contributed by atoms with van der Waals surface area (Å²) in [5.41, 5.74) is -0.939. The Morgan fingerprint density at radius 2 is 1.43 bits per heavy atom. The van der Waals surface area contributed by atoms with Crippen LogP contribution in [0.2, 0.25) is 0 Å². The van der Waals surface area contributed by atoms with E-state index >= 15 is 0 Å². The monoisotopic (exact) mass is 408 g/mol. The molecule has 1 unspecified atom stereocenters. The lowest BCUT2D eigenvalue weighted by Gasteiger charge is -2.23. The lowest BCUT2D eigenvalue weighted by Crippen LogP contribution is -2.47. The number of ether oxygens (including phenoxy) is 1. The van der Waals surface area contributed by atoms with Crippen molar-refractivity contribution in [3.05, 3.63) is 53.6 Å². The largest absolute Gasteiger partial charge is 0.478 e. The summed E-state index contributed by atoms with van der Waals surface area (Å²) in [7, 11) is 0. The zero-order valence-corrected chi connectivity index (χ0v) is 13.5. The van der Waals surface area contributed by atoms with Crippen molar-refractivity contribution in [3.8, 4) is 16.9 Å². The van der Waals surface area contributed by atoms with Gasteiger partial charge in [-0.3, -0.25) is 0 Å². The van der Waals surface area contributed by atoms with Gasteiger partial charge in [0, 0.05) is 0 Å². The van der Waals surface area contributed by atoms with Gasteiger partial charge in [0.1, 0.15) is 5.75 Å². The molecule has 0 saturated carbocycles. The van der Waals surface area contributed by atoms with Gasteiger partial charge in [-0.15, -0.1) is 0 Å². The molecule has 2 N–H and O–H groups in total. The molecule has 0 radical (unpaired) electrons. The Balaban J connectivity index is 2.37. The van der Waals surface area contributed by atoms with Crippen molar-refractivity contribution < 1.29 is 50.9 Å². The van der Waals surface area contributed by atoms with Crippen molar-refractivity contribution in [2.24, 2.45) is 0 Å². The Morgan fingerprint density at radius 3 is 1.96 bits per heavy atom. The summed E-state index contributed by atoms with van der Waals surface area (Å²) in [6, 6.07) is 7.41. The van der Waals surface area contributed by atoms with E-state index in [1.165, 1.54) is 12.1 Å².